The molecule has 0 bridgehead atoms. The Hall–Kier alpha value is -1.66. The SMILES string of the molecule is COc1ccc(Cl)cc1NCCC(=O)N1C[C@@H](CN)[C@H](c2ccccc2)C1.Cl.Cl. The third-order valence-electron chi connectivity index (χ3n) is 5.14. The Kier molecular flexibility index (Phi) is 10.6. The van der Waals surface area contributed by atoms with Crippen molar-refractivity contribution in [3.63, 3.8) is 0 Å². The number of nitrogens with two attached hydrogens (primary N) is 1. The largest absolute Gasteiger partial charge is 0.495 e. The molecular weight excluding hydrogens is 433 g/mol. The lowest BCUT2D eigenvalue weighted by molar-refractivity contribution is -0.130. The molecule has 1 aliphatic rings. The molecule has 1 saturated heterocycles. The third-order valence-corrected chi connectivity index (χ3v) is 5.38. The molecule has 0 saturated carbocycles. The zero-order valence-electron chi connectivity index (χ0n) is 16.3. The number of nitrogens with one attached hydrogen (secondary N) is 1. The summed E-state index contributed by atoms with van der Waals surface area (Å²) in [5.74, 6) is 1.46. The molecule has 1 amide bonds. The van der Waals surface area contributed by atoms with Crippen molar-refractivity contribution in [2.45, 2.75) is 12.3 Å². The lowest BCUT2D eigenvalue weighted by atomic mass is 9.89. The van der Waals surface area contributed by atoms with E-state index in [0.29, 0.717) is 42.1 Å². The minimum Gasteiger partial charge on any atom is -0.495 e. The molecular formula is C21H28Cl3N3O2. The monoisotopic (exact) mass is 459 g/mol. The van der Waals surface area contributed by atoms with E-state index in [0.717, 1.165) is 18.8 Å². The van der Waals surface area contributed by atoms with Crippen molar-refractivity contribution in [1.82, 2.24) is 4.90 Å². The Morgan fingerprint density at radius 2 is 1.93 bits per heavy atom. The van der Waals surface area contributed by atoms with E-state index in [1.807, 2.05) is 29.2 Å². The van der Waals surface area contributed by atoms with Crippen LogP contribution in [0.1, 0.15) is 17.9 Å². The number of methoxy groups -OCH3 is 1. The van der Waals surface area contributed by atoms with Crippen molar-refractivity contribution >= 4 is 48.0 Å². The van der Waals surface area contributed by atoms with Crippen LogP contribution in [0.4, 0.5) is 5.69 Å². The fraction of sp³-hybridized carbons (Fsp3) is 0.381. The van der Waals surface area contributed by atoms with Gasteiger partial charge in [0, 0.05) is 37.0 Å². The van der Waals surface area contributed by atoms with E-state index in [1.54, 1.807) is 19.2 Å². The molecule has 8 heteroatoms. The van der Waals surface area contributed by atoms with Crippen molar-refractivity contribution in [1.29, 1.82) is 0 Å². The van der Waals surface area contributed by atoms with Crippen molar-refractivity contribution in [3.8, 4) is 5.75 Å². The van der Waals surface area contributed by atoms with Gasteiger partial charge >= 0.3 is 0 Å². The Labute approximate surface area is 189 Å². The molecule has 160 valence electrons. The van der Waals surface area contributed by atoms with Gasteiger partial charge in [-0.3, -0.25) is 4.79 Å². The lowest BCUT2D eigenvalue weighted by Crippen LogP contribution is -2.31. The summed E-state index contributed by atoms with van der Waals surface area (Å²) in [6.07, 6.45) is 0.411. The van der Waals surface area contributed by atoms with Crippen LogP contribution >= 0.6 is 36.4 Å². The van der Waals surface area contributed by atoms with Crippen molar-refractivity contribution in [2.24, 2.45) is 11.7 Å². The fourth-order valence-electron chi connectivity index (χ4n) is 3.67. The molecule has 1 heterocycles. The summed E-state index contributed by atoms with van der Waals surface area (Å²) in [4.78, 5) is 14.6. The molecule has 0 spiro atoms. The lowest BCUT2D eigenvalue weighted by Gasteiger charge is -2.17. The summed E-state index contributed by atoms with van der Waals surface area (Å²) >= 11 is 6.04. The molecule has 29 heavy (non-hydrogen) atoms. The van der Waals surface area contributed by atoms with Crippen LogP contribution in [0.2, 0.25) is 5.02 Å². The number of rotatable bonds is 7. The smallest absolute Gasteiger partial charge is 0.224 e. The van der Waals surface area contributed by atoms with E-state index in [-0.39, 0.29) is 30.7 Å². The third kappa shape index (κ3) is 6.41. The van der Waals surface area contributed by atoms with Gasteiger partial charge in [-0.05, 0) is 36.2 Å². The first-order valence-corrected chi connectivity index (χ1v) is 9.60. The molecule has 0 unspecified atom stereocenters. The minimum absolute atomic E-state index is 0. The summed E-state index contributed by atoms with van der Waals surface area (Å²) in [5, 5.41) is 3.87. The van der Waals surface area contributed by atoms with E-state index < -0.39 is 0 Å². The van der Waals surface area contributed by atoms with Gasteiger partial charge in [0.25, 0.3) is 0 Å². The van der Waals surface area contributed by atoms with Crippen molar-refractivity contribution in [2.75, 3.05) is 38.6 Å². The van der Waals surface area contributed by atoms with E-state index >= 15 is 0 Å². The first-order valence-electron chi connectivity index (χ1n) is 9.22. The fourth-order valence-corrected chi connectivity index (χ4v) is 3.84. The van der Waals surface area contributed by atoms with E-state index in [1.165, 1.54) is 5.56 Å². The zero-order chi connectivity index (χ0) is 19.2. The van der Waals surface area contributed by atoms with Crippen LogP contribution in [0, 0.1) is 5.92 Å². The highest BCUT2D eigenvalue weighted by molar-refractivity contribution is 6.30. The highest BCUT2D eigenvalue weighted by Crippen LogP contribution is 2.32. The molecule has 0 aliphatic carbocycles. The number of ether oxygens (including phenoxy) is 1. The molecule has 5 nitrogen and oxygen atoms in total. The first-order chi connectivity index (χ1) is 13.1. The number of hydrogen-bond acceptors (Lipinski definition) is 4. The standard InChI is InChI=1S/C21H26ClN3O2.2ClH/c1-27-20-8-7-17(22)11-19(20)24-10-9-21(26)25-13-16(12-23)18(14-25)15-5-3-2-4-6-15;;/h2-8,11,16,18,24H,9-10,12-14,23H2,1H3;2*1H/t16-,18+;;/m1../s1. The quantitative estimate of drug-likeness (QED) is 0.650. The normalized spacial score (nSPS) is 17.8. The number of halogens is 3. The molecule has 2 aromatic rings. The van der Waals surface area contributed by atoms with Gasteiger partial charge in [0.2, 0.25) is 5.91 Å². The molecule has 3 N–H and O–H groups in total. The maximum Gasteiger partial charge on any atom is 0.224 e. The second-order valence-electron chi connectivity index (χ2n) is 6.83. The number of carbonyl (C=O) groups is 1. The number of likely N-dealkylation sites (tertiary alicyclic amines) is 1. The maximum absolute atomic E-state index is 12.7. The molecule has 3 rings (SSSR count). The van der Waals surface area contributed by atoms with Gasteiger partial charge in [0.1, 0.15) is 5.75 Å². The Morgan fingerprint density at radius 1 is 1.21 bits per heavy atom. The first kappa shape index (κ1) is 25.4. The topological polar surface area (TPSA) is 67.6 Å². The maximum atomic E-state index is 12.7. The molecule has 0 radical (unpaired) electrons. The second kappa shape index (κ2) is 12.1. The Balaban J connectivity index is 0.00000210. The van der Waals surface area contributed by atoms with Gasteiger partial charge in [0.05, 0.1) is 12.8 Å². The average molecular weight is 461 g/mol. The number of amides is 1. The van der Waals surface area contributed by atoms with Gasteiger partial charge in [-0.25, -0.2) is 0 Å². The zero-order valence-corrected chi connectivity index (χ0v) is 18.7. The Morgan fingerprint density at radius 3 is 2.59 bits per heavy atom. The average Bonchev–Trinajstić information content (AvgIpc) is 3.13. The number of anilines is 1. The van der Waals surface area contributed by atoms with E-state index in [2.05, 4.69) is 17.4 Å². The number of carbonyl (C=O) groups excluding carboxylic acids is 1. The van der Waals surface area contributed by atoms with Crippen LogP contribution < -0.4 is 15.8 Å². The van der Waals surface area contributed by atoms with Crippen molar-refractivity contribution < 1.29 is 9.53 Å². The van der Waals surface area contributed by atoms with Crippen LogP contribution in [0.15, 0.2) is 48.5 Å². The highest BCUT2D eigenvalue weighted by atomic mass is 35.5. The van der Waals surface area contributed by atoms with Gasteiger partial charge in [-0.15, -0.1) is 24.8 Å². The summed E-state index contributed by atoms with van der Waals surface area (Å²) in [6.45, 7) is 2.55. The Bertz CT molecular complexity index is 777. The summed E-state index contributed by atoms with van der Waals surface area (Å²) in [5.41, 5.74) is 8.02. The predicted octanol–water partition coefficient (Wildman–Crippen LogP) is 4.20. The van der Waals surface area contributed by atoms with Crippen LogP contribution in [0.3, 0.4) is 0 Å². The number of benzene rings is 2. The van der Waals surface area contributed by atoms with Crippen LogP contribution in [-0.2, 0) is 4.79 Å². The van der Waals surface area contributed by atoms with Gasteiger partial charge < -0.3 is 20.7 Å². The van der Waals surface area contributed by atoms with Crippen molar-refractivity contribution in [3.05, 3.63) is 59.1 Å². The van der Waals surface area contributed by atoms with Gasteiger partial charge in [-0.2, -0.15) is 0 Å². The van der Waals surface area contributed by atoms with E-state index in [9.17, 15) is 4.79 Å². The predicted molar refractivity (Wildman–Crippen MR) is 124 cm³/mol. The van der Waals surface area contributed by atoms with Crippen LogP contribution in [0.5, 0.6) is 5.75 Å². The van der Waals surface area contributed by atoms with Crippen LogP contribution in [0.25, 0.3) is 0 Å². The molecule has 0 aromatic heterocycles. The van der Waals surface area contributed by atoms with Gasteiger partial charge in [0.15, 0.2) is 0 Å². The summed E-state index contributed by atoms with van der Waals surface area (Å²) in [7, 11) is 1.61. The number of hydrogen-bond donors (Lipinski definition) is 2. The van der Waals surface area contributed by atoms with Gasteiger partial charge in [-0.1, -0.05) is 41.9 Å². The highest BCUT2D eigenvalue weighted by Gasteiger charge is 2.34. The molecule has 2 atom stereocenters. The van der Waals surface area contributed by atoms with E-state index in [4.69, 9.17) is 22.1 Å². The summed E-state index contributed by atoms with van der Waals surface area (Å²) < 4.78 is 5.32. The minimum atomic E-state index is 0. The molecule has 1 fully saturated rings. The van der Waals surface area contributed by atoms with Crippen LogP contribution in [-0.4, -0.2) is 44.1 Å². The second-order valence-corrected chi connectivity index (χ2v) is 7.27. The molecule has 2 aromatic carbocycles. The molecule has 1 aliphatic heterocycles. The number of nitrogens with zero attached hydrogens (tertiary/aromatic N) is 1. The summed E-state index contributed by atoms with van der Waals surface area (Å²) in [6, 6.07) is 15.7.